The van der Waals surface area contributed by atoms with Crippen LogP contribution >= 0.6 is 0 Å². The summed E-state index contributed by atoms with van der Waals surface area (Å²) in [5.41, 5.74) is -1.25. The Morgan fingerprint density at radius 3 is 2.53 bits per heavy atom. The van der Waals surface area contributed by atoms with Crippen LogP contribution in [0.25, 0.3) is 0 Å². The van der Waals surface area contributed by atoms with Crippen molar-refractivity contribution < 1.29 is 23.1 Å². The van der Waals surface area contributed by atoms with Gasteiger partial charge in [-0.15, -0.1) is 0 Å². The maximum absolute atomic E-state index is 13.0. The topological polar surface area (TPSA) is 66.0 Å². The maximum atomic E-state index is 13.0. The molecule has 88 valence electrons. The van der Waals surface area contributed by atoms with Gasteiger partial charge in [-0.1, -0.05) is 0 Å². The Balaban J connectivity index is 2.55. The zero-order valence-corrected chi connectivity index (χ0v) is 8.17. The van der Waals surface area contributed by atoms with E-state index in [4.69, 9.17) is 0 Å². The number of aromatic nitrogens is 2. The number of aromatic amines is 1. The van der Waals surface area contributed by atoms with Gasteiger partial charge in [-0.2, -0.15) is 5.10 Å². The molecular weight excluding hydrogens is 237 g/mol. The van der Waals surface area contributed by atoms with Crippen molar-refractivity contribution in [3.8, 4) is 5.75 Å². The number of carbonyl (C=O) groups excluding carboxylic acids is 1. The first-order valence-corrected chi connectivity index (χ1v) is 4.42. The number of aromatic hydroxyl groups is 1. The van der Waals surface area contributed by atoms with E-state index in [1.165, 1.54) is 0 Å². The number of hydrogen-bond donors (Lipinski definition) is 2. The summed E-state index contributed by atoms with van der Waals surface area (Å²) in [6, 6.07) is 1.02. The average molecular weight is 242 g/mol. The van der Waals surface area contributed by atoms with Crippen LogP contribution < -0.4 is 0 Å². The van der Waals surface area contributed by atoms with E-state index in [9.17, 15) is 23.1 Å². The maximum Gasteiger partial charge on any atom is 0.217 e. The van der Waals surface area contributed by atoms with Crippen molar-refractivity contribution >= 4 is 5.78 Å². The summed E-state index contributed by atoms with van der Waals surface area (Å²) in [4.78, 5) is 11.6. The number of H-pyrrole nitrogens is 1. The van der Waals surface area contributed by atoms with Gasteiger partial charge in [0.15, 0.2) is 17.4 Å². The van der Waals surface area contributed by atoms with Gasteiger partial charge >= 0.3 is 0 Å². The van der Waals surface area contributed by atoms with Crippen LogP contribution in [-0.2, 0) is 0 Å². The summed E-state index contributed by atoms with van der Waals surface area (Å²) in [7, 11) is 0. The Morgan fingerprint density at radius 2 is 1.94 bits per heavy atom. The number of carbonyl (C=O) groups is 1. The molecule has 0 saturated heterocycles. The molecule has 0 aliphatic heterocycles. The fraction of sp³-hybridized carbons (Fsp3) is 0. The number of phenols is 1. The van der Waals surface area contributed by atoms with Crippen molar-refractivity contribution in [2.75, 3.05) is 0 Å². The lowest BCUT2D eigenvalue weighted by Gasteiger charge is -2.03. The molecule has 0 radical (unpaired) electrons. The minimum absolute atomic E-state index is 0.412. The van der Waals surface area contributed by atoms with Gasteiger partial charge in [-0.05, 0) is 6.07 Å². The van der Waals surface area contributed by atoms with Crippen LogP contribution in [0.3, 0.4) is 0 Å². The van der Waals surface area contributed by atoms with Crippen molar-refractivity contribution in [3.63, 3.8) is 0 Å². The number of hydrogen-bond acceptors (Lipinski definition) is 3. The molecule has 0 amide bonds. The number of rotatable bonds is 2. The molecule has 0 fully saturated rings. The van der Waals surface area contributed by atoms with Gasteiger partial charge in [0.25, 0.3) is 0 Å². The van der Waals surface area contributed by atoms with Gasteiger partial charge in [-0.3, -0.25) is 9.89 Å². The lowest BCUT2D eigenvalue weighted by atomic mass is 10.1. The molecule has 0 aliphatic carbocycles. The minimum Gasteiger partial charge on any atom is -0.504 e. The van der Waals surface area contributed by atoms with Crippen molar-refractivity contribution in [3.05, 3.63) is 47.0 Å². The second-order valence-electron chi connectivity index (χ2n) is 3.21. The SMILES string of the molecule is O=C(c1cc(F)cc(F)c1O)c1[nH]ncc1F. The van der Waals surface area contributed by atoms with Gasteiger partial charge in [0.05, 0.1) is 11.8 Å². The number of nitrogens with zero attached hydrogens (tertiary/aromatic N) is 1. The smallest absolute Gasteiger partial charge is 0.217 e. The molecule has 4 nitrogen and oxygen atoms in total. The molecule has 1 aromatic heterocycles. The summed E-state index contributed by atoms with van der Waals surface area (Å²) in [5.74, 6) is -5.45. The molecule has 0 aliphatic rings. The third-order valence-electron chi connectivity index (χ3n) is 2.09. The molecule has 2 aromatic rings. The van der Waals surface area contributed by atoms with E-state index < -0.39 is 40.2 Å². The molecule has 2 N–H and O–H groups in total. The normalized spacial score (nSPS) is 10.5. The molecule has 17 heavy (non-hydrogen) atoms. The molecule has 0 unspecified atom stereocenters. The molecule has 7 heteroatoms. The van der Waals surface area contributed by atoms with Gasteiger partial charge in [0.1, 0.15) is 11.5 Å². The van der Waals surface area contributed by atoms with Crippen LogP contribution in [0.15, 0.2) is 18.3 Å². The largest absolute Gasteiger partial charge is 0.504 e. The number of nitrogens with one attached hydrogen (secondary N) is 1. The van der Waals surface area contributed by atoms with E-state index in [0.29, 0.717) is 12.1 Å². The number of phenolic OH excluding ortho intramolecular Hbond substituents is 1. The highest BCUT2D eigenvalue weighted by atomic mass is 19.1. The fourth-order valence-electron chi connectivity index (χ4n) is 1.30. The van der Waals surface area contributed by atoms with Crippen LogP contribution in [0.4, 0.5) is 13.2 Å². The molecule has 0 spiro atoms. The summed E-state index contributed by atoms with van der Waals surface area (Å²) in [6.45, 7) is 0. The number of ketones is 1. The van der Waals surface area contributed by atoms with Crippen LogP contribution in [-0.4, -0.2) is 21.1 Å². The fourth-order valence-corrected chi connectivity index (χ4v) is 1.30. The first kappa shape index (κ1) is 11.2. The summed E-state index contributed by atoms with van der Waals surface area (Å²) >= 11 is 0. The van der Waals surface area contributed by atoms with Crippen molar-refractivity contribution in [2.45, 2.75) is 0 Å². The Bertz CT molecular complexity index is 595. The third kappa shape index (κ3) is 1.86. The van der Waals surface area contributed by atoms with E-state index in [1.54, 1.807) is 0 Å². The van der Waals surface area contributed by atoms with Crippen molar-refractivity contribution in [1.29, 1.82) is 0 Å². The Hall–Kier alpha value is -2.31. The highest BCUT2D eigenvalue weighted by Crippen LogP contribution is 2.25. The standard InChI is InChI=1S/C10H5F3N2O2/c11-4-1-5(9(16)6(12)2-4)10(17)8-7(13)3-14-15-8/h1-3,16H,(H,14,15). The highest BCUT2D eigenvalue weighted by Gasteiger charge is 2.22. The van der Waals surface area contributed by atoms with Gasteiger partial charge in [0, 0.05) is 6.07 Å². The monoisotopic (exact) mass is 242 g/mol. The number of halogens is 3. The van der Waals surface area contributed by atoms with Gasteiger partial charge in [-0.25, -0.2) is 13.2 Å². The Morgan fingerprint density at radius 1 is 1.24 bits per heavy atom. The summed E-state index contributed by atoms with van der Waals surface area (Å²) in [6.07, 6.45) is 0.736. The second-order valence-corrected chi connectivity index (χ2v) is 3.21. The molecule has 0 atom stereocenters. The second kappa shape index (κ2) is 3.93. The lowest BCUT2D eigenvalue weighted by molar-refractivity contribution is 0.102. The quantitative estimate of drug-likeness (QED) is 0.788. The average Bonchev–Trinajstić information content (AvgIpc) is 2.69. The van der Waals surface area contributed by atoms with Crippen LogP contribution in [0.1, 0.15) is 16.1 Å². The van der Waals surface area contributed by atoms with Crippen molar-refractivity contribution in [1.82, 2.24) is 10.2 Å². The predicted molar refractivity (Wildman–Crippen MR) is 50.0 cm³/mol. The van der Waals surface area contributed by atoms with E-state index >= 15 is 0 Å². The molecule has 0 saturated carbocycles. The Kier molecular flexibility index (Phi) is 2.58. The zero-order valence-electron chi connectivity index (χ0n) is 8.17. The lowest BCUT2D eigenvalue weighted by Crippen LogP contribution is -2.06. The first-order valence-electron chi connectivity index (χ1n) is 4.42. The summed E-state index contributed by atoms with van der Waals surface area (Å²) in [5, 5.41) is 14.6. The molecule has 0 bridgehead atoms. The van der Waals surface area contributed by atoms with E-state index in [0.717, 1.165) is 6.20 Å². The van der Waals surface area contributed by atoms with Crippen molar-refractivity contribution in [2.24, 2.45) is 0 Å². The third-order valence-corrected chi connectivity index (χ3v) is 2.09. The summed E-state index contributed by atoms with van der Waals surface area (Å²) < 4.78 is 38.9. The predicted octanol–water partition coefficient (Wildman–Crippen LogP) is 1.76. The first-order chi connectivity index (χ1) is 8.00. The highest BCUT2D eigenvalue weighted by molar-refractivity contribution is 6.09. The molecule has 1 heterocycles. The van der Waals surface area contributed by atoms with Crippen LogP contribution in [0.5, 0.6) is 5.75 Å². The Labute approximate surface area is 92.7 Å². The number of benzene rings is 1. The van der Waals surface area contributed by atoms with E-state index in [2.05, 4.69) is 5.10 Å². The zero-order chi connectivity index (χ0) is 12.6. The van der Waals surface area contributed by atoms with E-state index in [1.807, 2.05) is 5.10 Å². The van der Waals surface area contributed by atoms with Crippen LogP contribution in [0, 0.1) is 17.5 Å². The van der Waals surface area contributed by atoms with E-state index in [-0.39, 0.29) is 0 Å². The molecule has 2 rings (SSSR count). The molecule has 1 aromatic carbocycles. The van der Waals surface area contributed by atoms with Crippen LogP contribution in [0.2, 0.25) is 0 Å². The van der Waals surface area contributed by atoms with Gasteiger partial charge in [0.2, 0.25) is 5.78 Å². The molecular formula is C10H5F3N2O2. The minimum atomic E-state index is -1.30. The van der Waals surface area contributed by atoms with Gasteiger partial charge < -0.3 is 5.11 Å².